The first-order valence-corrected chi connectivity index (χ1v) is 13.5. The molecule has 0 saturated heterocycles. The third-order valence-electron chi connectivity index (χ3n) is 7.52. The molecule has 0 fully saturated rings. The van der Waals surface area contributed by atoms with E-state index in [9.17, 15) is 9.59 Å². The maximum Gasteiger partial charge on any atom is 0.280 e. The van der Waals surface area contributed by atoms with Gasteiger partial charge in [0.1, 0.15) is 17.3 Å². The normalized spacial score (nSPS) is 17.4. The van der Waals surface area contributed by atoms with E-state index in [1.807, 2.05) is 37.5 Å². The predicted octanol–water partition coefficient (Wildman–Crippen LogP) is 6.62. The fourth-order valence-electron chi connectivity index (χ4n) is 5.81. The minimum absolute atomic E-state index is 0.180. The first kappa shape index (κ1) is 26.2. The van der Waals surface area contributed by atoms with Crippen LogP contribution in [0.5, 0.6) is 11.5 Å². The number of benzene rings is 3. The zero-order valence-corrected chi connectivity index (χ0v) is 24.0. The van der Waals surface area contributed by atoms with E-state index in [1.54, 1.807) is 56.7 Å². The smallest absolute Gasteiger partial charge is 0.280 e. The number of aromatic nitrogens is 2. The molecule has 0 radical (unpaired) electrons. The van der Waals surface area contributed by atoms with Gasteiger partial charge < -0.3 is 19.4 Å². The van der Waals surface area contributed by atoms with E-state index in [-0.39, 0.29) is 17.6 Å². The molecule has 40 heavy (non-hydrogen) atoms. The van der Waals surface area contributed by atoms with Crippen molar-refractivity contribution in [2.24, 2.45) is 0 Å². The summed E-state index contributed by atoms with van der Waals surface area (Å²) in [7, 11) is 3.14. The fraction of sp³-hybridized carbons (Fsp3) is 0.233. The Morgan fingerprint density at radius 2 is 1.68 bits per heavy atom. The highest BCUT2D eigenvalue weighted by Gasteiger charge is 2.64. The molecule has 2 aliphatic rings. The Kier molecular flexibility index (Phi) is 6.09. The molecule has 10 heteroatoms. The molecule has 0 bridgehead atoms. The Morgan fingerprint density at radius 3 is 2.38 bits per heavy atom. The molecule has 0 unspecified atom stereocenters. The number of aryl methyl sites for hydroxylation is 1. The van der Waals surface area contributed by atoms with Crippen LogP contribution < -0.4 is 19.7 Å². The van der Waals surface area contributed by atoms with E-state index >= 15 is 0 Å². The minimum atomic E-state index is -1.56. The second kappa shape index (κ2) is 9.28. The van der Waals surface area contributed by atoms with Gasteiger partial charge in [0.25, 0.3) is 11.8 Å². The highest BCUT2D eigenvalue weighted by Crippen LogP contribution is 2.55. The summed E-state index contributed by atoms with van der Waals surface area (Å²) >= 11 is 12.8. The summed E-state index contributed by atoms with van der Waals surface area (Å²) < 4.78 is 13.0. The summed E-state index contributed by atoms with van der Waals surface area (Å²) in [5.74, 6) is 0.853. The summed E-state index contributed by atoms with van der Waals surface area (Å²) in [5.41, 5.74) is 2.19. The molecule has 2 amide bonds. The molecule has 4 aromatic rings. The number of nitrogens with one attached hydrogen (secondary N) is 1. The van der Waals surface area contributed by atoms with Gasteiger partial charge in [0.2, 0.25) is 0 Å². The van der Waals surface area contributed by atoms with E-state index in [1.165, 1.54) is 4.90 Å². The van der Waals surface area contributed by atoms with Crippen molar-refractivity contribution in [3.8, 4) is 22.9 Å². The van der Waals surface area contributed by atoms with Gasteiger partial charge in [0, 0.05) is 33.4 Å². The van der Waals surface area contributed by atoms with E-state index in [4.69, 9.17) is 37.7 Å². The zero-order valence-electron chi connectivity index (χ0n) is 22.5. The number of fused-ring (bicyclic) bond motifs is 4. The fourth-order valence-corrected chi connectivity index (χ4v) is 6.15. The van der Waals surface area contributed by atoms with Gasteiger partial charge in [0.05, 0.1) is 31.2 Å². The van der Waals surface area contributed by atoms with Crippen molar-refractivity contribution in [1.82, 2.24) is 9.55 Å². The van der Waals surface area contributed by atoms with Crippen molar-refractivity contribution in [2.75, 3.05) is 24.4 Å². The number of nitrogens with zero attached hydrogens (tertiary/aromatic N) is 3. The van der Waals surface area contributed by atoms with Gasteiger partial charge in [0.15, 0.2) is 11.2 Å². The molecule has 1 spiro atoms. The van der Waals surface area contributed by atoms with Gasteiger partial charge >= 0.3 is 0 Å². The Morgan fingerprint density at radius 1 is 0.950 bits per heavy atom. The quantitative estimate of drug-likeness (QED) is 0.288. The van der Waals surface area contributed by atoms with Crippen LogP contribution in [-0.2, 0) is 10.3 Å². The molecule has 204 valence electrons. The zero-order chi connectivity index (χ0) is 28.5. The second-order valence-corrected chi connectivity index (χ2v) is 11.0. The van der Waals surface area contributed by atoms with Crippen LogP contribution in [0.4, 0.5) is 11.4 Å². The van der Waals surface area contributed by atoms with Gasteiger partial charge in [-0.25, -0.2) is 4.98 Å². The maximum absolute atomic E-state index is 14.5. The number of imidazole rings is 1. The molecule has 2 aliphatic heterocycles. The number of hydrogen-bond acceptors (Lipinski definition) is 5. The van der Waals surface area contributed by atoms with E-state index < -0.39 is 11.4 Å². The van der Waals surface area contributed by atoms with Gasteiger partial charge in [-0.3, -0.25) is 14.5 Å². The lowest BCUT2D eigenvalue weighted by Gasteiger charge is -2.36. The summed E-state index contributed by atoms with van der Waals surface area (Å²) in [6.45, 7) is 5.86. The number of anilines is 2. The van der Waals surface area contributed by atoms with Crippen LogP contribution in [0.3, 0.4) is 0 Å². The molecule has 0 saturated carbocycles. The van der Waals surface area contributed by atoms with Crippen molar-refractivity contribution in [3.63, 3.8) is 0 Å². The highest BCUT2D eigenvalue weighted by molar-refractivity contribution is 6.32. The summed E-state index contributed by atoms with van der Waals surface area (Å²) in [6.07, 6.45) is 0. The minimum Gasteiger partial charge on any atom is -0.497 e. The topological polar surface area (TPSA) is 85.7 Å². The van der Waals surface area contributed by atoms with Gasteiger partial charge in [-0.1, -0.05) is 35.3 Å². The third kappa shape index (κ3) is 3.49. The average molecular weight is 577 g/mol. The molecule has 1 N–H and O–H groups in total. The van der Waals surface area contributed by atoms with Gasteiger partial charge in [-0.15, -0.1) is 0 Å². The molecule has 3 aromatic carbocycles. The number of halogens is 2. The number of ether oxygens (including phenoxy) is 2. The Labute approximate surface area is 241 Å². The van der Waals surface area contributed by atoms with E-state index in [2.05, 4.69) is 5.32 Å². The molecule has 3 heterocycles. The number of carbonyl (C=O) groups is 2. The van der Waals surface area contributed by atoms with Crippen LogP contribution in [0.2, 0.25) is 10.0 Å². The molecule has 6 rings (SSSR count). The van der Waals surface area contributed by atoms with Crippen LogP contribution in [-0.4, -0.2) is 35.6 Å². The van der Waals surface area contributed by atoms with Crippen LogP contribution in [0.15, 0.2) is 54.6 Å². The van der Waals surface area contributed by atoms with Crippen molar-refractivity contribution in [1.29, 1.82) is 0 Å². The highest BCUT2D eigenvalue weighted by atomic mass is 35.5. The monoisotopic (exact) mass is 576 g/mol. The average Bonchev–Trinajstić information content (AvgIpc) is 3.53. The van der Waals surface area contributed by atoms with Crippen molar-refractivity contribution in [3.05, 3.63) is 87.2 Å². The SMILES string of the molecule is COc1ccc(-c2nc3c(n2C(C)C)[C@]2(C(=O)Nc4cc(Cl)ccc42)N(c2cc(Cl)ccc2C)C3=O)c(OC)c1. The Balaban J connectivity index is 1.73. The second-order valence-electron chi connectivity index (χ2n) is 10.1. The van der Waals surface area contributed by atoms with Gasteiger partial charge in [-0.05, 0) is 62.7 Å². The lowest BCUT2D eigenvalue weighted by molar-refractivity contribution is -0.119. The predicted molar refractivity (Wildman–Crippen MR) is 155 cm³/mol. The largest absolute Gasteiger partial charge is 0.497 e. The molecular formula is C30H26Cl2N4O4. The Hall–Kier alpha value is -4.01. The van der Waals surface area contributed by atoms with Crippen LogP contribution >= 0.6 is 23.2 Å². The van der Waals surface area contributed by atoms with E-state index in [0.717, 1.165) is 5.56 Å². The first-order chi connectivity index (χ1) is 19.1. The lowest BCUT2D eigenvalue weighted by Crippen LogP contribution is -2.51. The van der Waals surface area contributed by atoms with Gasteiger partial charge in [-0.2, -0.15) is 0 Å². The molecule has 8 nitrogen and oxygen atoms in total. The Bertz CT molecular complexity index is 1730. The van der Waals surface area contributed by atoms with Crippen molar-refractivity contribution in [2.45, 2.75) is 32.4 Å². The third-order valence-corrected chi connectivity index (χ3v) is 7.99. The molecular weight excluding hydrogens is 551 g/mol. The molecule has 1 atom stereocenters. The summed E-state index contributed by atoms with van der Waals surface area (Å²) in [6, 6.07) is 15.7. The number of carbonyl (C=O) groups excluding carboxylic acids is 2. The maximum atomic E-state index is 14.5. The standard InChI is InChI=1S/C30H26Cl2N4O4/c1-15(2)35-26-25(34-27(35)20-10-9-19(39-4)14-24(20)40-5)28(37)36(23-13-18(32)7-6-16(23)3)30(26)21-11-8-17(31)12-22(21)33-29(30)38/h6-15H,1-5H3,(H,33,38)/t30-/m1/s1. The number of amides is 2. The first-order valence-electron chi connectivity index (χ1n) is 12.7. The molecule has 1 aromatic heterocycles. The summed E-state index contributed by atoms with van der Waals surface area (Å²) in [5, 5.41) is 3.89. The number of methoxy groups -OCH3 is 2. The molecule has 0 aliphatic carbocycles. The number of hydrogen-bond donors (Lipinski definition) is 1. The van der Waals surface area contributed by atoms with Crippen molar-refractivity contribution >= 4 is 46.4 Å². The lowest BCUT2D eigenvalue weighted by atomic mass is 9.86. The van der Waals surface area contributed by atoms with E-state index in [0.29, 0.717) is 55.6 Å². The van der Waals surface area contributed by atoms with Crippen LogP contribution in [0.25, 0.3) is 11.4 Å². The van der Waals surface area contributed by atoms with Crippen LogP contribution in [0, 0.1) is 6.92 Å². The van der Waals surface area contributed by atoms with Crippen LogP contribution in [0.1, 0.15) is 47.2 Å². The number of rotatable bonds is 5. The van der Waals surface area contributed by atoms with Crippen molar-refractivity contribution < 1.29 is 19.1 Å². The summed E-state index contributed by atoms with van der Waals surface area (Å²) in [4.78, 5) is 35.2.